The molecule has 0 aliphatic carbocycles. The second kappa shape index (κ2) is 7.49. The minimum atomic E-state index is 0.167. The summed E-state index contributed by atoms with van der Waals surface area (Å²) in [6.45, 7) is 7.48. The highest BCUT2D eigenvalue weighted by molar-refractivity contribution is 8.00. The van der Waals surface area contributed by atoms with E-state index in [1.165, 1.54) is 0 Å². The summed E-state index contributed by atoms with van der Waals surface area (Å²) in [7, 11) is 1.65. The van der Waals surface area contributed by atoms with Crippen LogP contribution in [0.2, 0.25) is 0 Å². The highest BCUT2D eigenvalue weighted by Crippen LogP contribution is 2.30. The fourth-order valence-corrected chi connectivity index (χ4v) is 3.39. The van der Waals surface area contributed by atoms with Crippen molar-refractivity contribution in [2.75, 3.05) is 26.0 Å². The number of hydrogen-bond acceptors (Lipinski definition) is 4. The summed E-state index contributed by atoms with van der Waals surface area (Å²) in [5.74, 6) is 1.41. The number of methoxy groups -OCH3 is 1. The zero-order valence-corrected chi connectivity index (χ0v) is 14.4. The third-order valence-corrected chi connectivity index (χ3v) is 4.61. The Balaban J connectivity index is 2.28. The van der Waals surface area contributed by atoms with Gasteiger partial charge in [0.15, 0.2) is 0 Å². The molecule has 1 aromatic carbocycles. The first-order valence-electron chi connectivity index (χ1n) is 7.45. The number of carbonyl (C=O) groups is 1. The second-order valence-electron chi connectivity index (χ2n) is 5.00. The van der Waals surface area contributed by atoms with Crippen molar-refractivity contribution in [3.63, 3.8) is 0 Å². The first-order chi connectivity index (χ1) is 10.6. The zero-order valence-electron chi connectivity index (χ0n) is 13.5. The molecular formula is C17H22N2O2S. The normalized spacial score (nSPS) is 10.7. The third kappa shape index (κ3) is 3.71. The molecule has 0 spiro atoms. The van der Waals surface area contributed by atoms with Crippen LogP contribution in [-0.2, 0) is 4.79 Å². The molecular weight excluding hydrogens is 296 g/mol. The Bertz CT molecular complexity index is 669. The van der Waals surface area contributed by atoms with Gasteiger partial charge in [-0.1, -0.05) is 0 Å². The zero-order chi connectivity index (χ0) is 16.1. The maximum absolute atomic E-state index is 12.2. The minimum absolute atomic E-state index is 0.167. The maximum Gasteiger partial charge on any atom is 0.232 e. The van der Waals surface area contributed by atoms with Gasteiger partial charge in [-0.25, -0.2) is 0 Å². The fourth-order valence-electron chi connectivity index (χ4n) is 2.35. The first kappa shape index (κ1) is 16.6. The summed E-state index contributed by atoms with van der Waals surface area (Å²) >= 11 is 1.56. The molecule has 2 rings (SSSR count). The van der Waals surface area contributed by atoms with Crippen LogP contribution >= 0.6 is 11.8 Å². The summed E-state index contributed by atoms with van der Waals surface area (Å²) in [6, 6.07) is 7.87. The maximum atomic E-state index is 12.2. The molecule has 22 heavy (non-hydrogen) atoms. The van der Waals surface area contributed by atoms with Gasteiger partial charge in [0.2, 0.25) is 5.91 Å². The monoisotopic (exact) mass is 318 g/mol. The minimum Gasteiger partial charge on any atom is -0.497 e. The van der Waals surface area contributed by atoms with Crippen molar-refractivity contribution in [2.24, 2.45) is 0 Å². The van der Waals surface area contributed by atoms with Gasteiger partial charge in [0.05, 0.1) is 18.4 Å². The average molecular weight is 318 g/mol. The van der Waals surface area contributed by atoms with Crippen molar-refractivity contribution in [1.29, 1.82) is 0 Å². The number of ether oxygens (including phenoxy) is 1. The topological polar surface area (TPSA) is 42.4 Å². The lowest BCUT2D eigenvalue weighted by molar-refractivity contribution is -0.127. The van der Waals surface area contributed by atoms with E-state index in [9.17, 15) is 4.79 Å². The van der Waals surface area contributed by atoms with Crippen LogP contribution in [0.4, 0.5) is 0 Å². The van der Waals surface area contributed by atoms with Gasteiger partial charge in [-0.3, -0.25) is 9.78 Å². The molecule has 5 heteroatoms. The van der Waals surface area contributed by atoms with Gasteiger partial charge in [0.25, 0.3) is 0 Å². The van der Waals surface area contributed by atoms with E-state index < -0.39 is 0 Å². The van der Waals surface area contributed by atoms with E-state index in [0.29, 0.717) is 5.75 Å². The van der Waals surface area contributed by atoms with E-state index in [1.807, 2.05) is 49.9 Å². The standard InChI is InChI=1S/C17H22N2O2S/c1-5-19(6-2)17(20)11-22-16-9-12(3)18-15-8-7-13(21-4)10-14(15)16/h7-10H,5-6,11H2,1-4H3. The molecule has 0 bridgehead atoms. The summed E-state index contributed by atoms with van der Waals surface area (Å²) in [4.78, 5) is 19.7. The highest BCUT2D eigenvalue weighted by Gasteiger charge is 2.12. The molecule has 1 amide bonds. The lowest BCUT2D eigenvalue weighted by Gasteiger charge is -2.18. The molecule has 1 heterocycles. The fraction of sp³-hybridized carbons (Fsp3) is 0.412. The Hall–Kier alpha value is -1.75. The number of nitrogens with zero attached hydrogens (tertiary/aromatic N) is 2. The summed E-state index contributed by atoms with van der Waals surface area (Å²) < 4.78 is 5.29. The molecule has 0 fully saturated rings. The van der Waals surface area contributed by atoms with Gasteiger partial charge in [0.1, 0.15) is 5.75 Å². The predicted octanol–water partition coefficient (Wildman–Crippen LogP) is 3.51. The SMILES string of the molecule is CCN(CC)C(=O)CSc1cc(C)nc2ccc(OC)cc12. The van der Waals surface area contributed by atoms with Crippen molar-refractivity contribution < 1.29 is 9.53 Å². The highest BCUT2D eigenvalue weighted by atomic mass is 32.2. The van der Waals surface area contributed by atoms with E-state index in [0.717, 1.165) is 40.3 Å². The van der Waals surface area contributed by atoms with Gasteiger partial charge in [-0.15, -0.1) is 11.8 Å². The summed E-state index contributed by atoms with van der Waals surface area (Å²) in [5, 5.41) is 1.03. The molecule has 0 N–H and O–H groups in total. The van der Waals surface area contributed by atoms with Crippen LogP contribution < -0.4 is 4.74 Å². The van der Waals surface area contributed by atoms with E-state index in [1.54, 1.807) is 18.9 Å². The van der Waals surface area contributed by atoms with Gasteiger partial charge < -0.3 is 9.64 Å². The number of carbonyl (C=O) groups excluding carboxylic acids is 1. The summed E-state index contributed by atoms with van der Waals surface area (Å²) in [5.41, 5.74) is 1.88. The molecule has 2 aromatic rings. The number of pyridine rings is 1. The van der Waals surface area contributed by atoms with Crippen molar-refractivity contribution >= 4 is 28.6 Å². The number of hydrogen-bond donors (Lipinski definition) is 0. The van der Waals surface area contributed by atoms with E-state index in [-0.39, 0.29) is 5.91 Å². The van der Waals surface area contributed by atoms with Crippen molar-refractivity contribution in [1.82, 2.24) is 9.88 Å². The number of thioether (sulfide) groups is 1. The largest absolute Gasteiger partial charge is 0.497 e. The van der Waals surface area contributed by atoms with Crippen molar-refractivity contribution in [2.45, 2.75) is 25.7 Å². The Morgan fingerprint density at radius 2 is 2.00 bits per heavy atom. The Morgan fingerprint density at radius 1 is 1.27 bits per heavy atom. The quantitative estimate of drug-likeness (QED) is 0.764. The van der Waals surface area contributed by atoms with Gasteiger partial charge in [-0.05, 0) is 45.0 Å². The van der Waals surface area contributed by atoms with E-state index in [2.05, 4.69) is 4.98 Å². The van der Waals surface area contributed by atoms with Crippen LogP contribution in [0.3, 0.4) is 0 Å². The van der Waals surface area contributed by atoms with Crippen LogP contribution in [0.15, 0.2) is 29.2 Å². The molecule has 4 nitrogen and oxygen atoms in total. The Kier molecular flexibility index (Phi) is 5.66. The third-order valence-electron chi connectivity index (χ3n) is 3.57. The smallest absolute Gasteiger partial charge is 0.232 e. The van der Waals surface area contributed by atoms with Crippen LogP contribution in [0.1, 0.15) is 19.5 Å². The molecule has 0 saturated heterocycles. The molecule has 1 aromatic heterocycles. The van der Waals surface area contributed by atoms with Crippen molar-refractivity contribution in [3.05, 3.63) is 30.0 Å². The van der Waals surface area contributed by atoms with Crippen molar-refractivity contribution in [3.8, 4) is 5.75 Å². The molecule has 0 aliphatic rings. The predicted molar refractivity (Wildman–Crippen MR) is 91.7 cm³/mol. The number of aryl methyl sites for hydroxylation is 1. The van der Waals surface area contributed by atoms with E-state index >= 15 is 0 Å². The number of amides is 1. The van der Waals surface area contributed by atoms with Crippen LogP contribution in [0.25, 0.3) is 10.9 Å². The number of aromatic nitrogens is 1. The Labute approximate surface area is 135 Å². The number of benzene rings is 1. The summed E-state index contributed by atoms with van der Waals surface area (Å²) in [6.07, 6.45) is 0. The number of rotatable bonds is 6. The second-order valence-corrected chi connectivity index (χ2v) is 6.02. The van der Waals surface area contributed by atoms with Gasteiger partial charge >= 0.3 is 0 Å². The lowest BCUT2D eigenvalue weighted by atomic mass is 10.2. The molecule has 118 valence electrons. The molecule has 0 aliphatic heterocycles. The first-order valence-corrected chi connectivity index (χ1v) is 8.43. The van der Waals surface area contributed by atoms with Gasteiger partial charge in [-0.2, -0.15) is 0 Å². The van der Waals surface area contributed by atoms with Crippen LogP contribution in [-0.4, -0.2) is 41.7 Å². The average Bonchev–Trinajstić information content (AvgIpc) is 2.53. The van der Waals surface area contributed by atoms with E-state index in [4.69, 9.17) is 4.74 Å². The number of fused-ring (bicyclic) bond motifs is 1. The molecule has 0 atom stereocenters. The van der Waals surface area contributed by atoms with Crippen LogP contribution in [0.5, 0.6) is 5.75 Å². The molecule has 0 radical (unpaired) electrons. The molecule has 0 saturated carbocycles. The molecule has 0 unspecified atom stereocenters. The Morgan fingerprint density at radius 3 is 2.64 bits per heavy atom. The lowest BCUT2D eigenvalue weighted by Crippen LogP contribution is -2.31. The van der Waals surface area contributed by atoms with Gasteiger partial charge in [0, 0.05) is 29.1 Å². The van der Waals surface area contributed by atoms with Crippen LogP contribution in [0, 0.1) is 6.92 Å².